The van der Waals surface area contributed by atoms with Crippen molar-refractivity contribution in [3.8, 4) is 11.4 Å². The Balaban J connectivity index is 1.61. The molecule has 4 aromatic rings. The van der Waals surface area contributed by atoms with Gasteiger partial charge in [-0.3, -0.25) is 4.79 Å². The number of aryl methyl sites for hydroxylation is 2. The molecule has 0 unspecified atom stereocenters. The zero-order chi connectivity index (χ0) is 23.0. The Morgan fingerprint density at radius 2 is 1.66 bits per heavy atom. The molecule has 0 spiro atoms. The van der Waals surface area contributed by atoms with Crippen molar-refractivity contribution in [2.24, 2.45) is 0 Å². The zero-order valence-electron chi connectivity index (χ0n) is 18.9. The molecule has 0 fully saturated rings. The smallest absolute Gasteiger partial charge is 0.253 e. The van der Waals surface area contributed by atoms with Gasteiger partial charge in [0.25, 0.3) is 5.78 Å². The van der Waals surface area contributed by atoms with Gasteiger partial charge in [-0.2, -0.15) is 4.98 Å². The Morgan fingerprint density at radius 3 is 2.28 bits per heavy atom. The predicted molar refractivity (Wildman–Crippen MR) is 131 cm³/mol. The van der Waals surface area contributed by atoms with Crippen molar-refractivity contribution in [1.29, 1.82) is 0 Å². The van der Waals surface area contributed by atoms with E-state index in [1.807, 2.05) is 50.2 Å². The second-order valence-electron chi connectivity index (χ2n) is 8.97. The summed E-state index contributed by atoms with van der Waals surface area (Å²) in [5.41, 5.74) is 5.54. The van der Waals surface area contributed by atoms with E-state index in [0.29, 0.717) is 11.6 Å². The molecule has 0 aliphatic rings. The van der Waals surface area contributed by atoms with Crippen LogP contribution in [-0.4, -0.2) is 25.5 Å². The summed E-state index contributed by atoms with van der Waals surface area (Å²) < 4.78 is 2.69. The summed E-state index contributed by atoms with van der Waals surface area (Å²) in [6.45, 7) is 10.4. The number of carbonyl (C=O) groups is 1. The molecule has 1 N–H and O–H groups in total. The number of benzene rings is 2. The van der Waals surface area contributed by atoms with E-state index in [4.69, 9.17) is 0 Å². The van der Waals surface area contributed by atoms with Gasteiger partial charge in [0.1, 0.15) is 0 Å². The molecule has 0 saturated carbocycles. The van der Waals surface area contributed by atoms with Crippen LogP contribution in [0.3, 0.4) is 0 Å². The van der Waals surface area contributed by atoms with Crippen LogP contribution >= 0.6 is 15.9 Å². The fourth-order valence-electron chi connectivity index (χ4n) is 3.60. The summed E-state index contributed by atoms with van der Waals surface area (Å²) >= 11 is 3.40. The second kappa shape index (κ2) is 8.47. The zero-order valence-corrected chi connectivity index (χ0v) is 20.5. The maximum atomic E-state index is 12.7. The highest BCUT2D eigenvalue weighted by molar-refractivity contribution is 9.10. The molecule has 0 aliphatic carbocycles. The number of hydrogen-bond acceptors (Lipinski definition) is 4. The van der Waals surface area contributed by atoms with Crippen molar-refractivity contribution < 1.29 is 4.79 Å². The summed E-state index contributed by atoms with van der Waals surface area (Å²) in [6.07, 6.45) is 0.214. The maximum Gasteiger partial charge on any atom is 0.253 e. The SMILES string of the molecule is Cc1nc2nc(-c3ccc(C(C)(C)C)cc3)nn2c(C)c1CC(=O)Nc1ccc(Br)cc1. The number of anilines is 1. The summed E-state index contributed by atoms with van der Waals surface area (Å²) in [5, 5.41) is 7.62. The number of nitrogens with one attached hydrogen (secondary N) is 1. The van der Waals surface area contributed by atoms with Crippen LogP contribution in [0.2, 0.25) is 0 Å². The Kier molecular flexibility index (Phi) is 5.86. The predicted octanol–water partition coefficient (Wildman–Crippen LogP) is 5.65. The molecular weight excluding hydrogens is 466 g/mol. The fraction of sp³-hybridized carbons (Fsp3) is 0.280. The topological polar surface area (TPSA) is 72.2 Å². The molecule has 2 aromatic heterocycles. The summed E-state index contributed by atoms with van der Waals surface area (Å²) in [6, 6.07) is 15.8. The van der Waals surface area contributed by atoms with Gasteiger partial charge in [0.15, 0.2) is 5.82 Å². The number of carbonyl (C=O) groups excluding carboxylic acids is 1. The van der Waals surface area contributed by atoms with Crippen molar-refractivity contribution in [3.63, 3.8) is 0 Å². The first-order valence-electron chi connectivity index (χ1n) is 10.5. The molecule has 164 valence electrons. The molecule has 2 heterocycles. The van der Waals surface area contributed by atoms with Gasteiger partial charge in [0.05, 0.1) is 6.42 Å². The molecule has 2 aromatic carbocycles. The van der Waals surface area contributed by atoms with Gasteiger partial charge in [-0.25, -0.2) is 9.50 Å². The molecule has 1 amide bonds. The lowest BCUT2D eigenvalue weighted by atomic mass is 9.87. The average Bonchev–Trinajstić information content (AvgIpc) is 3.16. The largest absolute Gasteiger partial charge is 0.326 e. The molecule has 32 heavy (non-hydrogen) atoms. The lowest BCUT2D eigenvalue weighted by Gasteiger charge is -2.18. The molecule has 0 atom stereocenters. The first kappa shape index (κ1) is 22.1. The van der Waals surface area contributed by atoms with Crippen molar-refractivity contribution in [1.82, 2.24) is 19.6 Å². The standard InChI is InChI=1S/C25H26BrN5O/c1-15-21(14-22(32)28-20-12-10-19(26)11-13-20)16(2)31-24(27-15)29-23(30-31)17-6-8-18(9-7-17)25(3,4)5/h6-13H,14H2,1-5H3,(H,28,32). The van der Waals surface area contributed by atoms with Gasteiger partial charge in [0, 0.05) is 32.7 Å². The van der Waals surface area contributed by atoms with E-state index >= 15 is 0 Å². The number of fused-ring (bicyclic) bond motifs is 1. The minimum atomic E-state index is -0.0993. The van der Waals surface area contributed by atoms with E-state index in [9.17, 15) is 4.79 Å². The van der Waals surface area contributed by atoms with Gasteiger partial charge in [-0.15, -0.1) is 5.10 Å². The Bertz CT molecular complexity index is 1290. The van der Waals surface area contributed by atoms with Gasteiger partial charge < -0.3 is 5.32 Å². The van der Waals surface area contributed by atoms with Gasteiger partial charge in [-0.05, 0) is 49.1 Å². The van der Waals surface area contributed by atoms with Crippen LogP contribution in [0, 0.1) is 13.8 Å². The number of nitrogens with zero attached hydrogens (tertiary/aromatic N) is 4. The Hall–Kier alpha value is -3.06. The normalized spacial score (nSPS) is 11.7. The quantitative estimate of drug-likeness (QED) is 0.400. The highest BCUT2D eigenvalue weighted by Crippen LogP contribution is 2.25. The molecule has 0 aliphatic heterocycles. The number of hydrogen-bond donors (Lipinski definition) is 1. The molecule has 6 nitrogen and oxygen atoms in total. The number of rotatable bonds is 4. The van der Waals surface area contributed by atoms with E-state index in [2.05, 4.69) is 69.2 Å². The van der Waals surface area contributed by atoms with Crippen LogP contribution in [0.4, 0.5) is 5.69 Å². The molecular formula is C25H26BrN5O. The van der Waals surface area contributed by atoms with Crippen LogP contribution in [0.25, 0.3) is 17.2 Å². The van der Waals surface area contributed by atoms with Crippen LogP contribution in [0.15, 0.2) is 53.0 Å². The van der Waals surface area contributed by atoms with Crippen LogP contribution in [0.1, 0.15) is 43.3 Å². The van der Waals surface area contributed by atoms with E-state index in [-0.39, 0.29) is 17.7 Å². The van der Waals surface area contributed by atoms with Crippen LogP contribution < -0.4 is 5.32 Å². The minimum Gasteiger partial charge on any atom is -0.326 e. The third-order valence-electron chi connectivity index (χ3n) is 5.52. The van der Waals surface area contributed by atoms with Crippen molar-refractivity contribution in [3.05, 3.63) is 75.5 Å². The number of halogens is 1. The fourth-order valence-corrected chi connectivity index (χ4v) is 3.87. The number of amides is 1. The molecule has 7 heteroatoms. The molecule has 0 bridgehead atoms. The van der Waals surface area contributed by atoms with Gasteiger partial charge in [0.2, 0.25) is 5.91 Å². The van der Waals surface area contributed by atoms with Crippen molar-refractivity contribution in [2.45, 2.75) is 46.5 Å². The minimum absolute atomic E-state index is 0.0891. The van der Waals surface area contributed by atoms with Crippen molar-refractivity contribution >= 4 is 33.3 Å². The Labute approximate surface area is 196 Å². The summed E-state index contributed by atoms with van der Waals surface area (Å²) in [5.74, 6) is 1.06. The van der Waals surface area contributed by atoms with Gasteiger partial charge >= 0.3 is 0 Å². The van der Waals surface area contributed by atoms with Crippen LogP contribution in [-0.2, 0) is 16.6 Å². The lowest BCUT2D eigenvalue weighted by Crippen LogP contribution is -2.17. The molecule has 0 radical (unpaired) electrons. The first-order valence-corrected chi connectivity index (χ1v) is 11.3. The summed E-state index contributed by atoms with van der Waals surface area (Å²) in [4.78, 5) is 21.9. The maximum absolute atomic E-state index is 12.7. The van der Waals surface area contributed by atoms with E-state index in [0.717, 1.165) is 32.7 Å². The highest BCUT2D eigenvalue weighted by Gasteiger charge is 2.18. The average molecular weight is 492 g/mol. The molecule has 4 rings (SSSR count). The number of aromatic nitrogens is 4. The lowest BCUT2D eigenvalue weighted by molar-refractivity contribution is -0.115. The van der Waals surface area contributed by atoms with Gasteiger partial charge in [-0.1, -0.05) is 61.0 Å². The third kappa shape index (κ3) is 4.58. The van der Waals surface area contributed by atoms with Crippen LogP contribution in [0.5, 0.6) is 0 Å². The van der Waals surface area contributed by atoms with E-state index in [1.54, 1.807) is 4.52 Å². The van der Waals surface area contributed by atoms with Crippen molar-refractivity contribution in [2.75, 3.05) is 5.32 Å². The highest BCUT2D eigenvalue weighted by atomic mass is 79.9. The van der Waals surface area contributed by atoms with E-state index < -0.39 is 0 Å². The second-order valence-corrected chi connectivity index (χ2v) is 9.88. The monoisotopic (exact) mass is 491 g/mol. The molecule has 0 saturated heterocycles. The Morgan fingerprint density at radius 1 is 1.00 bits per heavy atom. The summed E-state index contributed by atoms with van der Waals surface area (Å²) in [7, 11) is 0. The third-order valence-corrected chi connectivity index (χ3v) is 6.05. The first-order chi connectivity index (χ1) is 15.1. The van der Waals surface area contributed by atoms with E-state index in [1.165, 1.54) is 5.56 Å².